The molecule has 0 saturated carbocycles. The number of nitrogens with two attached hydrogens (primary N) is 1. The second kappa shape index (κ2) is 6.57. The molecule has 0 aliphatic rings. The number of carbonyl (C=O) groups excluding carboxylic acids is 1. The summed E-state index contributed by atoms with van der Waals surface area (Å²) in [5.74, 6) is 0.00208. The number of aryl methyl sites for hydroxylation is 2. The van der Waals surface area contributed by atoms with Gasteiger partial charge < -0.3 is 11.1 Å². The first-order valence-corrected chi connectivity index (χ1v) is 7.24. The number of amides is 1. The Labute approximate surface area is 127 Å². The Bertz CT molecular complexity index is 608. The Hall–Kier alpha value is -1.81. The van der Waals surface area contributed by atoms with Crippen LogP contribution in [0.1, 0.15) is 17.5 Å². The highest BCUT2D eigenvalue weighted by atomic mass is 79.9. The van der Waals surface area contributed by atoms with Gasteiger partial charge in [0.05, 0.1) is 0 Å². The van der Waals surface area contributed by atoms with E-state index in [4.69, 9.17) is 5.73 Å². The van der Waals surface area contributed by atoms with Crippen LogP contribution in [0.5, 0.6) is 0 Å². The molecule has 20 heavy (non-hydrogen) atoms. The number of nitrogens with one attached hydrogen (secondary N) is 1. The van der Waals surface area contributed by atoms with Gasteiger partial charge in [0.2, 0.25) is 5.91 Å². The molecule has 2 aromatic rings. The minimum absolute atomic E-state index is 0.00208. The molecule has 0 fully saturated rings. The third kappa shape index (κ3) is 4.10. The van der Waals surface area contributed by atoms with Gasteiger partial charge in [0.25, 0.3) is 0 Å². The van der Waals surface area contributed by atoms with Gasteiger partial charge in [-0.25, -0.2) is 0 Å². The normalized spacial score (nSPS) is 10.3. The molecule has 1 amide bonds. The van der Waals surface area contributed by atoms with Crippen molar-refractivity contribution in [2.45, 2.75) is 19.8 Å². The van der Waals surface area contributed by atoms with Crippen LogP contribution in [0.25, 0.3) is 0 Å². The van der Waals surface area contributed by atoms with E-state index in [0.717, 1.165) is 16.6 Å². The fraction of sp³-hybridized carbons (Fsp3) is 0.188. The molecule has 104 valence electrons. The van der Waals surface area contributed by atoms with Crippen LogP contribution in [0.3, 0.4) is 0 Å². The Morgan fingerprint density at radius 2 is 1.90 bits per heavy atom. The van der Waals surface area contributed by atoms with Crippen molar-refractivity contribution >= 4 is 33.2 Å². The monoisotopic (exact) mass is 332 g/mol. The van der Waals surface area contributed by atoms with Gasteiger partial charge in [-0.05, 0) is 53.0 Å². The van der Waals surface area contributed by atoms with Crippen LogP contribution in [0.4, 0.5) is 11.4 Å². The number of halogens is 1. The summed E-state index contributed by atoms with van der Waals surface area (Å²) in [6.45, 7) is 2.05. The molecule has 0 aromatic heterocycles. The lowest BCUT2D eigenvalue weighted by Gasteiger charge is -2.07. The van der Waals surface area contributed by atoms with E-state index >= 15 is 0 Å². The molecule has 0 heterocycles. The van der Waals surface area contributed by atoms with Gasteiger partial charge in [0.15, 0.2) is 0 Å². The van der Waals surface area contributed by atoms with Crippen LogP contribution in [-0.4, -0.2) is 5.91 Å². The van der Waals surface area contributed by atoms with Gasteiger partial charge >= 0.3 is 0 Å². The minimum Gasteiger partial charge on any atom is -0.398 e. The van der Waals surface area contributed by atoms with E-state index < -0.39 is 0 Å². The lowest BCUT2D eigenvalue weighted by atomic mass is 10.1. The van der Waals surface area contributed by atoms with Crippen LogP contribution < -0.4 is 11.1 Å². The predicted octanol–water partition coefficient (Wildman–Crippen LogP) is 3.91. The summed E-state index contributed by atoms with van der Waals surface area (Å²) in [7, 11) is 0. The molecule has 0 bridgehead atoms. The largest absolute Gasteiger partial charge is 0.398 e. The average molecular weight is 333 g/mol. The third-order valence-electron chi connectivity index (χ3n) is 3.05. The van der Waals surface area contributed by atoms with E-state index in [2.05, 4.69) is 52.4 Å². The number of hydrogen-bond donors (Lipinski definition) is 2. The van der Waals surface area contributed by atoms with Crippen LogP contribution in [0.2, 0.25) is 0 Å². The molecular formula is C16H17BrN2O. The zero-order valence-electron chi connectivity index (χ0n) is 11.3. The summed E-state index contributed by atoms with van der Waals surface area (Å²) < 4.78 is 0.786. The number of hydrogen-bond acceptors (Lipinski definition) is 2. The van der Waals surface area contributed by atoms with Crippen LogP contribution in [0.15, 0.2) is 46.9 Å². The van der Waals surface area contributed by atoms with Crippen LogP contribution in [-0.2, 0) is 11.2 Å². The van der Waals surface area contributed by atoms with E-state index in [1.165, 1.54) is 11.1 Å². The van der Waals surface area contributed by atoms with E-state index in [9.17, 15) is 4.79 Å². The van der Waals surface area contributed by atoms with Gasteiger partial charge in [0, 0.05) is 22.3 Å². The summed E-state index contributed by atoms with van der Waals surface area (Å²) >= 11 is 3.34. The Balaban J connectivity index is 1.89. The molecule has 2 aromatic carbocycles. The third-order valence-corrected chi connectivity index (χ3v) is 3.73. The number of anilines is 2. The SMILES string of the molecule is Cc1ccc(CCC(=O)Nc2ccc(N)c(Br)c2)cc1. The summed E-state index contributed by atoms with van der Waals surface area (Å²) in [6.07, 6.45) is 1.20. The minimum atomic E-state index is 0.00208. The van der Waals surface area contributed by atoms with Gasteiger partial charge in [-0.1, -0.05) is 29.8 Å². The van der Waals surface area contributed by atoms with Crippen LogP contribution >= 0.6 is 15.9 Å². The first kappa shape index (κ1) is 14.6. The zero-order valence-corrected chi connectivity index (χ0v) is 12.9. The van der Waals surface area contributed by atoms with E-state index in [1.807, 2.05) is 0 Å². The lowest BCUT2D eigenvalue weighted by Crippen LogP contribution is -2.12. The van der Waals surface area contributed by atoms with Crippen molar-refractivity contribution in [3.05, 3.63) is 58.1 Å². The van der Waals surface area contributed by atoms with Crippen molar-refractivity contribution in [1.29, 1.82) is 0 Å². The van der Waals surface area contributed by atoms with Crippen molar-refractivity contribution in [3.63, 3.8) is 0 Å². The molecule has 3 N–H and O–H groups in total. The Kier molecular flexibility index (Phi) is 4.79. The molecule has 3 nitrogen and oxygen atoms in total. The number of nitrogen functional groups attached to an aromatic ring is 1. The van der Waals surface area contributed by atoms with Gasteiger partial charge in [-0.2, -0.15) is 0 Å². The second-order valence-corrected chi connectivity index (χ2v) is 5.62. The quantitative estimate of drug-likeness (QED) is 0.834. The zero-order chi connectivity index (χ0) is 14.5. The number of benzene rings is 2. The van der Waals surface area contributed by atoms with E-state index in [0.29, 0.717) is 12.1 Å². The highest BCUT2D eigenvalue weighted by molar-refractivity contribution is 9.10. The fourth-order valence-corrected chi connectivity index (χ4v) is 2.22. The van der Waals surface area contributed by atoms with Gasteiger partial charge in [-0.3, -0.25) is 4.79 Å². The molecule has 0 radical (unpaired) electrons. The molecule has 2 rings (SSSR count). The standard InChI is InChI=1S/C16H17BrN2O/c1-11-2-4-12(5-3-11)6-9-16(20)19-13-7-8-15(18)14(17)10-13/h2-5,7-8,10H,6,9,18H2,1H3,(H,19,20). The smallest absolute Gasteiger partial charge is 0.224 e. The highest BCUT2D eigenvalue weighted by Crippen LogP contribution is 2.23. The van der Waals surface area contributed by atoms with E-state index in [1.54, 1.807) is 18.2 Å². The summed E-state index contributed by atoms with van der Waals surface area (Å²) in [6, 6.07) is 13.6. The molecule has 0 saturated heterocycles. The first-order chi connectivity index (χ1) is 9.54. The van der Waals surface area contributed by atoms with Crippen molar-refractivity contribution in [2.24, 2.45) is 0 Å². The summed E-state index contributed by atoms with van der Waals surface area (Å²) in [5.41, 5.74) is 9.51. The molecule has 0 spiro atoms. The molecule has 4 heteroatoms. The number of rotatable bonds is 4. The first-order valence-electron chi connectivity index (χ1n) is 6.45. The maximum absolute atomic E-state index is 11.9. The molecule has 0 aliphatic carbocycles. The summed E-state index contributed by atoms with van der Waals surface area (Å²) in [4.78, 5) is 11.9. The Morgan fingerprint density at radius 3 is 2.55 bits per heavy atom. The molecule has 0 aliphatic heterocycles. The molecular weight excluding hydrogens is 316 g/mol. The van der Waals surface area contributed by atoms with Gasteiger partial charge in [0.1, 0.15) is 0 Å². The van der Waals surface area contributed by atoms with E-state index in [-0.39, 0.29) is 5.91 Å². The Morgan fingerprint density at radius 1 is 1.20 bits per heavy atom. The predicted molar refractivity (Wildman–Crippen MR) is 86.7 cm³/mol. The van der Waals surface area contributed by atoms with Crippen LogP contribution in [0, 0.1) is 6.92 Å². The highest BCUT2D eigenvalue weighted by Gasteiger charge is 2.04. The average Bonchev–Trinajstić information content (AvgIpc) is 2.42. The van der Waals surface area contributed by atoms with Gasteiger partial charge in [-0.15, -0.1) is 0 Å². The molecule has 0 unspecified atom stereocenters. The maximum atomic E-state index is 11.9. The van der Waals surface area contributed by atoms with Crippen molar-refractivity contribution in [2.75, 3.05) is 11.1 Å². The molecule has 0 atom stereocenters. The van der Waals surface area contributed by atoms with Crippen molar-refractivity contribution in [1.82, 2.24) is 0 Å². The fourth-order valence-electron chi connectivity index (χ4n) is 1.84. The number of carbonyl (C=O) groups is 1. The lowest BCUT2D eigenvalue weighted by molar-refractivity contribution is -0.116. The van der Waals surface area contributed by atoms with Crippen molar-refractivity contribution in [3.8, 4) is 0 Å². The second-order valence-electron chi connectivity index (χ2n) is 4.77. The topological polar surface area (TPSA) is 55.1 Å². The van der Waals surface area contributed by atoms with Crippen molar-refractivity contribution < 1.29 is 4.79 Å². The maximum Gasteiger partial charge on any atom is 0.224 e. The summed E-state index contributed by atoms with van der Waals surface area (Å²) in [5, 5.41) is 2.87.